The molecule has 5 nitrogen and oxygen atoms in total. The first kappa shape index (κ1) is 17.7. The van der Waals surface area contributed by atoms with Crippen molar-refractivity contribution in [2.75, 3.05) is 12.4 Å². The summed E-state index contributed by atoms with van der Waals surface area (Å²) in [7, 11) is -3.36. The molecule has 1 aromatic heterocycles. The highest BCUT2D eigenvalue weighted by Crippen LogP contribution is 2.26. The van der Waals surface area contributed by atoms with Crippen LogP contribution in [0.3, 0.4) is 0 Å². The lowest BCUT2D eigenvalue weighted by Gasteiger charge is -2.04. The lowest BCUT2D eigenvalue weighted by molar-refractivity contribution is 0.295. The number of aromatic amines is 1. The van der Waals surface area contributed by atoms with E-state index in [1.54, 1.807) is 30.3 Å². The smallest absolute Gasteiger partial charge is 0.178 e. The van der Waals surface area contributed by atoms with Crippen LogP contribution >= 0.6 is 11.6 Å². The molecule has 0 amide bonds. The lowest BCUT2D eigenvalue weighted by Crippen LogP contribution is -2.08. The topological polar surface area (TPSA) is 83.1 Å². The third-order valence-electron chi connectivity index (χ3n) is 3.79. The summed E-state index contributed by atoms with van der Waals surface area (Å²) in [5.74, 6) is -0.0637. The molecule has 0 fully saturated rings. The Hall–Kier alpha value is -2.15. The first-order valence-electron chi connectivity index (χ1n) is 7.75. The van der Waals surface area contributed by atoms with Gasteiger partial charge in [-0.25, -0.2) is 8.42 Å². The van der Waals surface area contributed by atoms with Crippen LogP contribution in [0.2, 0.25) is 5.02 Å². The molecule has 0 bridgehead atoms. The van der Waals surface area contributed by atoms with Crippen LogP contribution in [0.15, 0.2) is 59.5 Å². The van der Waals surface area contributed by atoms with E-state index in [1.807, 2.05) is 24.3 Å². The second kappa shape index (κ2) is 7.39. The van der Waals surface area contributed by atoms with E-state index < -0.39 is 9.84 Å². The van der Waals surface area contributed by atoms with Gasteiger partial charge in [-0.2, -0.15) is 5.10 Å². The third kappa shape index (κ3) is 4.10. The van der Waals surface area contributed by atoms with Gasteiger partial charge in [0.25, 0.3) is 0 Å². The third-order valence-corrected chi connectivity index (χ3v) is 5.85. The predicted molar refractivity (Wildman–Crippen MR) is 98.2 cm³/mol. The van der Waals surface area contributed by atoms with Gasteiger partial charge in [-0.3, -0.25) is 5.10 Å². The summed E-state index contributed by atoms with van der Waals surface area (Å²) in [4.78, 5) is 0.249. The molecular formula is C18H17ClN2O3S. The molecule has 2 aromatic carbocycles. The van der Waals surface area contributed by atoms with Gasteiger partial charge in [-0.1, -0.05) is 35.9 Å². The standard InChI is InChI=1S/C18H17ClN2O3S/c19-15-4-1-3-14(11-15)18-12-17(20-21-18)13-5-7-16(8-6-13)25(23,24)10-2-9-22/h1,3-8,11-12,22H,2,9-10H2,(H,20,21). The lowest BCUT2D eigenvalue weighted by atomic mass is 10.1. The number of aliphatic hydroxyl groups excluding tert-OH is 1. The van der Waals surface area contributed by atoms with Gasteiger partial charge in [0, 0.05) is 17.2 Å². The number of aliphatic hydroxyl groups is 1. The fourth-order valence-corrected chi connectivity index (χ4v) is 3.97. The average molecular weight is 377 g/mol. The van der Waals surface area contributed by atoms with E-state index in [1.165, 1.54) is 0 Å². The minimum Gasteiger partial charge on any atom is -0.396 e. The van der Waals surface area contributed by atoms with E-state index in [4.69, 9.17) is 16.7 Å². The summed E-state index contributed by atoms with van der Waals surface area (Å²) in [5.41, 5.74) is 3.28. The summed E-state index contributed by atoms with van der Waals surface area (Å²) >= 11 is 6.00. The van der Waals surface area contributed by atoms with E-state index in [9.17, 15) is 8.42 Å². The molecule has 0 saturated heterocycles. The summed E-state index contributed by atoms with van der Waals surface area (Å²) in [5, 5.41) is 16.7. The second-order valence-electron chi connectivity index (χ2n) is 5.60. The van der Waals surface area contributed by atoms with Crippen LogP contribution in [-0.4, -0.2) is 36.1 Å². The van der Waals surface area contributed by atoms with Crippen LogP contribution in [0.1, 0.15) is 6.42 Å². The van der Waals surface area contributed by atoms with Crippen molar-refractivity contribution in [3.8, 4) is 22.5 Å². The highest BCUT2D eigenvalue weighted by molar-refractivity contribution is 7.91. The SMILES string of the molecule is O=S(=O)(CCCO)c1ccc(-c2cc(-c3cccc(Cl)c3)n[nH]2)cc1. The maximum absolute atomic E-state index is 12.1. The number of benzene rings is 2. The molecule has 2 N–H and O–H groups in total. The van der Waals surface area contributed by atoms with Crippen LogP contribution in [0.4, 0.5) is 0 Å². The number of hydrogen-bond acceptors (Lipinski definition) is 4. The molecule has 0 aliphatic rings. The molecule has 3 aromatic rings. The summed E-state index contributed by atoms with van der Waals surface area (Å²) in [6, 6.07) is 15.9. The van der Waals surface area contributed by atoms with Gasteiger partial charge in [-0.05, 0) is 42.3 Å². The molecular weight excluding hydrogens is 360 g/mol. The molecule has 0 unspecified atom stereocenters. The van der Waals surface area contributed by atoms with E-state index >= 15 is 0 Å². The molecule has 0 aliphatic heterocycles. The van der Waals surface area contributed by atoms with Gasteiger partial charge >= 0.3 is 0 Å². The molecule has 3 rings (SSSR count). The Morgan fingerprint density at radius 2 is 1.80 bits per heavy atom. The normalized spacial score (nSPS) is 11.6. The molecule has 0 radical (unpaired) electrons. The van der Waals surface area contributed by atoms with Crippen LogP contribution < -0.4 is 0 Å². The Morgan fingerprint density at radius 3 is 2.48 bits per heavy atom. The van der Waals surface area contributed by atoms with Gasteiger partial charge < -0.3 is 5.11 Å². The second-order valence-corrected chi connectivity index (χ2v) is 8.14. The number of sulfone groups is 1. The zero-order valence-electron chi connectivity index (χ0n) is 13.3. The Labute approximate surface area is 151 Å². The van der Waals surface area contributed by atoms with Gasteiger partial charge in [0.05, 0.1) is 22.0 Å². The monoisotopic (exact) mass is 376 g/mol. The van der Waals surface area contributed by atoms with Crippen LogP contribution in [0.5, 0.6) is 0 Å². The average Bonchev–Trinajstić information content (AvgIpc) is 3.10. The first-order chi connectivity index (χ1) is 12.0. The van der Waals surface area contributed by atoms with Crippen molar-refractivity contribution >= 4 is 21.4 Å². The Morgan fingerprint density at radius 1 is 1.04 bits per heavy atom. The highest BCUT2D eigenvalue weighted by Gasteiger charge is 2.14. The minimum absolute atomic E-state index is 0.0637. The van der Waals surface area contributed by atoms with Gasteiger partial charge in [0.15, 0.2) is 9.84 Å². The van der Waals surface area contributed by atoms with E-state index in [0.29, 0.717) is 5.02 Å². The predicted octanol–water partition coefficient (Wildman–Crippen LogP) is 3.55. The molecule has 25 heavy (non-hydrogen) atoms. The minimum atomic E-state index is -3.36. The zero-order chi connectivity index (χ0) is 17.9. The van der Waals surface area contributed by atoms with E-state index in [-0.39, 0.29) is 23.7 Å². The van der Waals surface area contributed by atoms with Crippen LogP contribution in [0.25, 0.3) is 22.5 Å². The summed E-state index contributed by atoms with van der Waals surface area (Å²) in [6.07, 6.45) is 0.230. The Balaban J connectivity index is 1.84. The number of aromatic nitrogens is 2. The fraction of sp³-hybridized carbons (Fsp3) is 0.167. The number of nitrogens with zero attached hydrogens (tertiary/aromatic N) is 1. The molecule has 0 spiro atoms. The van der Waals surface area contributed by atoms with Crippen molar-refractivity contribution in [1.29, 1.82) is 0 Å². The van der Waals surface area contributed by atoms with Crippen molar-refractivity contribution in [1.82, 2.24) is 10.2 Å². The van der Waals surface area contributed by atoms with E-state index in [0.717, 1.165) is 22.5 Å². The van der Waals surface area contributed by atoms with E-state index in [2.05, 4.69) is 10.2 Å². The number of H-pyrrole nitrogens is 1. The quantitative estimate of drug-likeness (QED) is 0.689. The van der Waals surface area contributed by atoms with Crippen molar-refractivity contribution in [2.24, 2.45) is 0 Å². The summed E-state index contributed by atoms with van der Waals surface area (Å²) < 4.78 is 24.2. The first-order valence-corrected chi connectivity index (χ1v) is 9.78. The zero-order valence-corrected chi connectivity index (χ0v) is 14.9. The molecule has 0 atom stereocenters. The number of hydrogen-bond donors (Lipinski definition) is 2. The summed E-state index contributed by atoms with van der Waals surface area (Å²) in [6.45, 7) is -0.141. The number of halogens is 1. The molecule has 1 heterocycles. The van der Waals surface area contributed by atoms with Gasteiger partial charge in [-0.15, -0.1) is 0 Å². The Kier molecular flexibility index (Phi) is 5.22. The van der Waals surface area contributed by atoms with Crippen molar-refractivity contribution in [3.63, 3.8) is 0 Å². The Bertz CT molecular complexity index is 966. The van der Waals surface area contributed by atoms with Gasteiger partial charge in [0.1, 0.15) is 0 Å². The fourth-order valence-electron chi connectivity index (χ4n) is 2.48. The largest absolute Gasteiger partial charge is 0.396 e. The molecule has 7 heteroatoms. The molecule has 0 saturated carbocycles. The van der Waals surface area contributed by atoms with Crippen molar-refractivity contribution in [3.05, 3.63) is 59.6 Å². The molecule has 0 aliphatic carbocycles. The highest BCUT2D eigenvalue weighted by atomic mass is 35.5. The van der Waals surface area contributed by atoms with Gasteiger partial charge in [0.2, 0.25) is 0 Å². The number of nitrogens with one attached hydrogen (secondary N) is 1. The van der Waals surface area contributed by atoms with Crippen LogP contribution in [-0.2, 0) is 9.84 Å². The number of rotatable bonds is 6. The molecule has 130 valence electrons. The van der Waals surface area contributed by atoms with Crippen molar-refractivity contribution in [2.45, 2.75) is 11.3 Å². The van der Waals surface area contributed by atoms with Crippen LogP contribution in [0, 0.1) is 0 Å². The van der Waals surface area contributed by atoms with Crippen molar-refractivity contribution < 1.29 is 13.5 Å². The maximum atomic E-state index is 12.1. The maximum Gasteiger partial charge on any atom is 0.178 e.